The predicted molar refractivity (Wildman–Crippen MR) is 187 cm³/mol. The van der Waals surface area contributed by atoms with Crippen molar-refractivity contribution in [3.8, 4) is 6.07 Å². The quantitative estimate of drug-likeness (QED) is 0.119. The van der Waals surface area contributed by atoms with Crippen LogP contribution in [0.2, 0.25) is 0 Å². The number of rotatable bonds is 10. The highest BCUT2D eigenvalue weighted by Gasteiger charge is 2.24. The minimum Gasteiger partial charge on any atom is -0.321 e. The summed E-state index contributed by atoms with van der Waals surface area (Å²) in [6.07, 6.45) is 4.52. The molecule has 234 valence electrons. The molecule has 1 aliphatic rings. The van der Waals surface area contributed by atoms with Crippen LogP contribution in [-0.4, -0.2) is 23.5 Å². The lowest BCUT2D eigenvalue weighted by molar-refractivity contribution is -0.114. The van der Waals surface area contributed by atoms with Gasteiger partial charge in [-0.1, -0.05) is 69.3 Å². The molecular weight excluding hydrogens is 613 g/mol. The molecule has 1 unspecified atom stereocenters. The second kappa shape index (κ2) is 15.1. The van der Waals surface area contributed by atoms with Gasteiger partial charge < -0.3 is 16.0 Å². The molecule has 46 heavy (non-hydrogen) atoms. The molecule has 0 saturated carbocycles. The fourth-order valence-electron chi connectivity index (χ4n) is 5.22. The van der Waals surface area contributed by atoms with E-state index in [2.05, 4.69) is 42.8 Å². The molecule has 0 radical (unpaired) electrons. The van der Waals surface area contributed by atoms with Crippen molar-refractivity contribution in [2.45, 2.75) is 50.8 Å². The largest absolute Gasteiger partial charge is 0.321 e. The summed E-state index contributed by atoms with van der Waals surface area (Å²) in [5.41, 5.74) is 4.69. The van der Waals surface area contributed by atoms with Gasteiger partial charge in [-0.15, -0.1) is 23.1 Å². The van der Waals surface area contributed by atoms with E-state index in [1.165, 1.54) is 33.5 Å². The molecule has 1 atom stereocenters. The highest BCUT2D eigenvalue weighted by atomic mass is 32.2. The van der Waals surface area contributed by atoms with Gasteiger partial charge in [0.15, 0.2) is 0 Å². The fraction of sp³-hybridized carbons (Fsp3) is 0.243. The molecule has 0 spiro atoms. The zero-order valence-electron chi connectivity index (χ0n) is 26.1. The Morgan fingerprint density at radius 1 is 1.02 bits per heavy atom. The molecule has 4 aromatic rings. The first-order valence-corrected chi connectivity index (χ1v) is 17.1. The molecule has 0 bridgehead atoms. The molecule has 1 aliphatic carbocycles. The van der Waals surface area contributed by atoms with Crippen LogP contribution in [0.5, 0.6) is 0 Å². The van der Waals surface area contributed by atoms with Gasteiger partial charge in [0.05, 0.1) is 11.3 Å². The summed E-state index contributed by atoms with van der Waals surface area (Å²) in [7, 11) is 0. The summed E-state index contributed by atoms with van der Waals surface area (Å²) < 4.78 is 0. The van der Waals surface area contributed by atoms with E-state index in [0.717, 1.165) is 35.3 Å². The highest BCUT2D eigenvalue weighted by molar-refractivity contribution is 8.00. The van der Waals surface area contributed by atoms with Gasteiger partial charge in [-0.3, -0.25) is 14.4 Å². The summed E-state index contributed by atoms with van der Waals surface area (Å²) in [6, 6.07) is 26.1. The van der Waals surface area contributed by atoms with Crippen LogP contribution >= 0.6 is 23.1 Å². The second-order valence-corrected chi connectivity index (χ2v) is 13.8. The van der Waals surface area contributed by atoms with Crippen LogP contribution < -0.4 is 16.0 Å². The number of benzene rings is 3. The van der Waals surface area contributed by atoms with Crippen LogP contribution in [0.15, 0.2) is 89.5 Å². The third-order valence-electron chi connectivity index (χ3n) is 7.78. The van der Waals surface area contributed by atoms with Crippen LogP contribution in [0.3, 0.4) is 0 Å². The molecule has 5 rings (SSSR count). The van der Waals surface area contributed by atoms with Crippen LogP contribution in [-0.2, 0) is 22.4 Å². The molecule has 0 fully saturated rings. The number of carbonyl (C=O) groups is 3. The lowest BCUT2D eigenvalue weighted by Gasteiger charge is -2.17. The number of nitrogens with zero attached hydrogens (tertiary/aromatic N) is 1. The Hall–Kier alpha value is -4.65. The number of amides is 3. The topological polar surface area (TPSA) is 111 Å². The number of nitrogens with one attached hydrogen (secondary N) is 3. The van der Waals surface area contributed by atoms with Crippen LogP contribution in [0, 0.1) is 17.2 Å². The van der Waals surface area contributed by atoms with Crippen molar-refractivity contribution < 1.29 is 14.4 Å². The number of thiophene rings is 1. The third kappa shape index (κ3) is 8.33. The van der Waals surface area contributed by atoms with Crippen LogP contribution in [0.25, 0.3) is 6.08 Å². The summed E-state index contributed by atoms with van der Waals surface area (Å²) >= 11 is 2.84. The summed E-state index contributed by atoms with van der Waals surface area (Å²) in [5.74, 6) is 0.0300. The van der Waals surface area contributed by atoms with Crippen LogP contribution in [0.1, 0.15) is 70.6 Å². The Morgan fingerprint density at radius 2 is 1.78 bits per heavy atom. The smallest absolute Gasteiger partial charge is 0.272 e. The number of thioether (sulfide) groups is 1. The van der Waals surface area contributed by atoms with Crippen LogP contribution in [0.4, 0.5) is 10.7 Å². The van der Waals surface area contributed by atoms with Gasteiger partial charge in [-0.05, 0) is 84.2 Å². The van der Waals surface area contributed by atoms with Crippen molar-refractivity contribution in [3.63, 3.8) is 0 Å². The van der Waals surface area contributed by atoms with E-state index in [0.29, 0.717) is 33.7 Å². The molecule has 3 aromatic carbocycles. The maximum absolute atomic E-state index is 13.5. The standard InChI is InChI=1S/C37H36N4O3S2/c1-23(2)26-15-13-25(14-16-26)19-32(40-35(43)27-8-5-4-6-9-27)36(44)39-28-10-7-11-29(20-28)45-22-34(42)41-37-31(21-38)30-17-12-24(3)18-33(30)46-37/h4-11,13-16,19-20,23-24H,12,17-18,22H2,1-3H3,(H,39,44)(H,40,43)(H,41,42)/b32-19+. The third-order valence-corrected chi connectivity index (χ3v) is 9.94. The molecule has 0 aliphatic heterocycles. The van der Waals surface area contributed by atoms with Gasteiger partial charge in [0.25, 0.3) is 11.8 Å². The van der Waals surface area contributed by atoms with Gasteiger partial charge in [-0.25, -0.2) is 0 Å². The Labute approximate surface area is 278 Å². The summed E-state index contributed by atoms with van der Waals surface area (Å²) in [4.78, 5) is 41.4. The molecule has 3 N–H and O–H groups in total. The van der Waals surface area contributed by atoms with Crippen molar-refractivity contribution in [3.05, 3.63) is 117 Å². The summed E-state index contributed by atoms with van der Waals surface area (Å²) in [5, 5.41) is 19.0. The van der Waals surface area contributed by atoms with Crippen molar-refractivity contribution in [2.75, 3.05) is 16.4 Å². The first-order valence-electron chi connectivity index (χ1n) is 15.3. The fourth-order valence-corrected chi connectivity index (χ4v) is 7.35. The Kier molecular flexibility index (Phi) is 10.7. The highest BCUT2D eigenvalue weighted by Crippen LogP contribution is 2.39. The lowest BCUT2D eigenvalue weighted by atomic mass is 9.89. The van der Waals surface area contributed by atoms with E-state index < -0.39 is 11.8 Å². The van der Waals surface area contributed by atoms with Gasteiger partial charge in [0.1, 0.15) is 16.8 Å². The minimum absolute atomic E-state index is 0.102. The van der Waals surface area contributed by atoms with Crippen molar-refractivity contribution in [2.24, 2.45) is 5.92 Å². The molecule has 0 saturated heterocycles. The average molecular weight is 649 g/mol. The van der Waals surface area contributed by atoms with E-state index >= 15 is 0 Å². The number of nitriles is 1. The maximum Gasteiger partial charge on any atom is 0.272 e. The monoisotopic (exact) mass is 648 g/mol. The number of fused-ring (bicyclic) bond motifs is 1. The van der Waals surface area contributed by atoms with E-state index in [9.17, 15) is 19.6 Å². The normalized spacial score (nSPS) is 14.2. The number of hydrogen-bond acceptors (Lipinski definition) is 6. The molecule has 1 heterocycles. The van der Waals surface area contributed by atoms with Crippen molar-refractivity contribution in [1.29, 1.82) is 5.26 Å². The Morgan fingerprint density at radius 3 is 2.50 bits per heavy atom. The summed E-state index contributed by atoms with van der Waals surface area (Å²) in [6.45, 7) is 6.44. The number of anilines is 2. The molecular formula is C37H36N4O3S2. The second-order valence-electron chi connectivity index (χ2n) is 11.7. The zero-order chi connectivity index (χ0) is 32.6. The van der Waals surface area contributed by atoms with Crippen molar-refractivity contribution in [1.82, 2.24) is 5.32 Å². The van der Waals surface area contributed by atoms with E-state index in [1.807, 2.05) is 36.4 Å². The molecule has 3 amide bonds. The van der Waals surface area contributed by atoms with Crippen molar-refractivity contribution >= 4 is 57.6 Å². The van der Waals surface area contributed by atoms with E-state index in [1.54, 1.807) is 48.5 Å². The average Bonchev–Trinajstić information content (AvgIpc) is 3.39. The minimum atomic E-state index is -0.475. The van der Waals surface area contributed by atoms with Gasteiger partial charge in [0.2, 0.25) is 5.91 Å². The molecule has 7 nitrogen and oxygen atoms in total. The first kappa shape index (κ1) is 32.7. The Balaban J connectivity index is 1.26. The lowest BCUT2D eigenvalue weighted by Crippen LogP contribution is -2.30. The zero-order valence-corrected chi connectivity index (χ0v) is 27.7. The van der Waals surface area contributed by atoms with E-state index in [4.69, 9.17) is 0 Å². The molecule has 9 heteroatoms. The number of hydrogen-bond donors (Lipinski definition) is 3. The van der Waals surface area contributed by atoms with Gasteiger partial charge in [0, 0.05) is 21.0 Å². The van der Waals surface area contributed by atoms with Gasteiger partial charge >= 0.3 is 0 Å². The number of carbonyl (C=O) groups excluding carboxylic acids is 3. The predicted octanol–water partition coefficient (Wildman–Crippen LogP) is 8.01. The SMILES string of the molecule is CC1CCc2c(sc(NC(=O)CSc3cccc(NC(=O)/C(=C\c4ccc(C(C)C)cc4)NC(=O)c4ccccc4)c3)c2C#N)C1. The maximum atomic E-state index is 13.5. The molecule has 1 aromatic heterocycles. The first-order chi connectivity index (χ1) is 22.2. The van der Waals surface area contributed by atoms with E-state index in [-0.39, 0.29) is 17.4 Å². The van der Waals surface area contributed by atoms with Gasteiger partial charge in [-0.2, -0.15) is 5.26 Å². The Bertz CT molecular complexity index is 1800.